The molecule has 1 amide bonds. The number of halogens is 1. The lowest BCUT2D eigenvalue weighted by Crippen LogP contribution is -2.21. The van der Waals surface area contributed by atoms with Gasteiger partial charge >= 0.3 is 0 Å². The van der Waals surface area contributed by atoms with Crippen molar-refractivity contribution in [2.45, 2.75) is 18.7 Å². The number of hydrogen-bond donors (Lipinski definition) is 2. The van der Waals surface area contributed by atoms with Crippen LogP contribution in [0.5, 0.6) is 5.75 Å². The molecule has 0 saturated carbocycles. The molecule has 0 unspecified atom stereocenters. The number of ketones is 1. The molecule has 0 aliphatic rings. The average Bonchev–Trinajstić information content (AvgIpc) is 2.91. The van der Waals surface area contributed by atoms with Gasteiger partial charge in [0.25, 0.3) is 15.9 Å². The average molecular weight is 549 g/mol. The second-order valence-electron chi connectivity index (χ2n) is 8.60. The normalized spacial score (nSPS) is 11.0. The Morgan fingerprint density at radius 3 is 2.24 bits per heavy atom. The lowest BCUT2D eigenvalue weighted by atomic mass is 10.0. The van der Waals surface area contributed by atoms with Gasteiger partial charge in [-0.25, -0.2) is 8.42 Å². The molecule has 0 radical (unpaired) electrons. The molecule has 0 fully saturated rings. The van der Waals surface area contributed by atoms with Crippen molar-refractivity contribution in [3.8, 4) is 5.75 Å². The molecule has 38 heavy (non-hydrogen) atoms. The van der Waals surface area contributed by atoms with Crippen LogP contribution in [0.25, 0.3) is 0 Å². The van der Waals surface area contributed by atoms with Gasteiger partial charge in [-0.05, 0) is 79.6 Å². The van der Waals surface area contributed by atoms with Gasteiger partial charge in [0, 0.05) is 21.8 Å². The van der Waals surface area contributed by atoms with Crippen LogP contribution in [0.4, 0.5) is 11.4 Å². The summed E-state index contributed by atoms with van der Waals surface area (Å²) in [5.74, 6) is -0.472. The minimum Gasteiger partial charge on any atom is -0.484 e. The van der Waals surface area contributed by atoms with E-state index in [1.165, 1.54) is 30.3 Å². The molecule has 0 saturated heterocycles. The smallest absolute Gasteiger partial charge is 0.262 e. The van der Waals surface area contributed by atoms with Gasteiger partial charge in [-0.1, -0.05) is 48.0 Å². The van der Waals surface area contributed by atoms with E-state index in [-0.39, 0.29) is 22.8 Å². The molecule has 194 valence electrons. The van der Waals surface area contributed by atoms with E-state index in [1.807, 2.05) is 19.9 Å². The molecule has 9 heteroatoms. The summed E-state index contributed by atoms with van der Waals surface area (Å²) in [7, 11) is -3.80. The van der Waals surface area contributed by atoms with E-state index in [1.54, 1.807) is 54.6 Å². The molecule has 0 bridgehead atoms. The summed E-state index contributed by atoms with van der Waals surface area (Å²) in [6, 6.07) is 24.3. The molecule has 2 N–H and O–H groups in total. The van der Waals surface area contributed by atoms with Crippen molar-refractivity contribution in [2.24, 2.45) is 0 Å². The summed E-state index contributed by atoms with van der Waals surface area (Å²) in [5.41, 5.74) is 3.52. The Labute approximate surface area is 226 Å². The van der Waals surface area contributed by atoms with Crippen LogP contribution in [0.1, 0.15) is 27.0 Å². The summed E-state index contributed by atoms with van der Waals surface area (Å²) in [6.45, 7) is 3.50. The first kappa shape index (κ1) is 26.9. The number of ether oxygens (including phenoxy) is 1. The largest absolute Gasteiger partial charge is 0.484 e. The number of rotatable bonds is 9. The number of nitrogens with one attached hydrogen (secondary N) is 2. The third-order valence-corrected chi connectivity index (χ3v) is 7.43. The quantitative estimate of drug-likeness (QED) is 0.250. The zero-order valence-corrected chi connectivity index (χ0v) is 22.3. The third kappa shape index (κ3) is 6.59. The van der Waals surface area contributed by atoms with Gasteiger partial charge in [0.15, 0.2) is 12.4 Å². The summed E-state index contributed by atoms with van der Waals surface area (Å²) >= 11 is 6.09. The molecule has 0 aliphatic carbocycles. The van der Waals surface area contributed by atoms with Crippen LogP contribution in [0.15, 0.2) is 95.9 Å². The highest BCUT2D eigenvalue weighted by molar-refractivity contribution is 7.92. The molecule has 0 spiro atoms. The predicted octanol–water partition coefficient (Wildman–Crippen LogP) is 6.01. The SMILES string of the molecule is Cc1ccc(NS(=O)(=O)c2ccc(OCC(=O)Nc3ccc(Cl)cc3C(=O)c3ccccc3)cc2)cc1C. The van der Waals surface area contributed by atoms with E-state index in [2.05, 4.69) is 10.0 Å². The lowest BCUT2D eigenvalue weighted by molar-refractivity contribution is -0.118. The van der Waals surface area contributed by atoms with Crippen LogP contribution >= 0.6 is 11.6 Å². The van der Waals surface area contributed by atoms with Crippen molar-refractivity contribution in [2.75, 3.05) is 16.6 Å². The number of carbonyl (C=O) groups excluding carboxylic acids is 2. The maximum atomic E-state index is 12.9. The second kappa shape index (κ2) is 11.5. The third-order valence-electron chi connectivity index (χ3n) is 5.80. The van der Waals surface area contributed by atoms with Crippen LogP contribution in [-0.2, 0) is 14.8 Å². The van der Waals surface area contributed by atoms with Gasteiger partial charge in [-0.15, -0.1) is 0 Å². The Morgan fingerprint density at radius 1 is 0.842 bits per heavy atom. The second-order valence-corrected chi connectivity index (χ2v) is 10.7. The van der Waals surface area contributed by atoms with Crippen LogP contribution < -0.4 is 14.8 Å². The van der Waals surface area contributed by atoms with E-state index in [0.717, 1.165) is 11.1 Å². The van der Waals surface area contributed by atoms with E-state index >= 15 is 0 Å². The summed E-state index contributed by atoms with van der Waals surface area (Å²) in [5, 5.41) is 3.04. The number of anilines is 2. The highest BCUT2D eigenvalue weighted by Crippen LogP contribution is 2.24. The molecule has 7 nitrogen and oxygen atoms in total. The molecular formula is C29H25ClN2O5S. The maximum absolute atomic E-state index is 12.9. The standard InChI is InChI=1S/C29H25ClN2O5S/c1-19-8-10-23(16-20(19)2)32-38(35,36)25-13-11-24(12-14-25)37-18-28(33)31-27-15-9-22(30)17-26(27)29(34)21-6-4-3-5-7-21/h3-17,32H,18H2,1-2H3,(H,31,33). The van der Waals surface area contributed by atoms with Gasteiger partial charge in [0.2, 0.25) is 0 Å². The Hall–Kier alpha value is -4.14. The van der Waals surface area contributed by atoms with Gasteiger partial charge in [0.1, 0.15) is 5.75 Å². The lowest BCUT2D eigenvalue weighted by Gasteiger charge is -2.13. The van der Waals surface area contributed by atoms with Crippen molar-refractivity contribution in [1.29, 1.82) is 0 Å². The van der Waals surface area contributed by atoms with Crippen LogP contribution in [0.2, 0.25) is 5.02 Å². The predicted molar refractivity (Wildman–Crippen MR) is 149 cm³/mol. The minimum atomic E-state index is -3.80. The number of amides is 1. The fourth-order valence-corrected chi connectivity index (χ4v) is 4.85. The fraction of sp³-hybridized carbons (Fsp3) is 0.103. The number of aryl methyl sites for hydroxylation is 2. The molecule has 4 aromatic carbocycles. The Kier molecular flexibility index (Phi) is 8.14. The number of carbonyl (C=O) groups is 2. The molecule has 0 aliphatic heterocycles. The van der Waals surface area contributed by atoms with Crippen molar-refractivity contribution in [3.63, 3.8) is 0 Å². The van der Waals surface area contributed by atoms with Crippen LogP contribution in [0.3, 0.4) is 0 Å². The van der Waals surface area contributed by atoms with Gasteiger partial charge in [-0.2, -0.15) is 0 Å². The molecule has 0 heterocycles. The number of benzene rings is 4. The zero-order chi connectivity index (χ0) is 27.3. The van der Waals surface area contributed by atoms with Crippen LogP contribution in [0, 0.1) is 13.8 Å². The first-order chi connectivity index (χ1) is 18.1. The molecular weight excluding hydrogens is 524 g/mol. The molecule has 4 aromatic rings. The van der Waals surface area contributed by atoms with Crippen molar-refractivity contribution in [3.05, 3.63) is 118 Å². The number of sulfonamides is 1. The Morgan fingerprint density at radius 2 is 1.55 bits per heavy atom. The monoisotopic (exact) mass is 548 g/mol. The molecule has 0 aromatic heterocycles. The molecule has 0 atom stereocenters. The summed E-state index contributed by atoms with van der Waals surface area (Å²) in [4.78, 5) is 25.6. The maximum Gasteiger partial charge on any atom is 0.262 e. The Bertz CT molecular complexity index is 1590. The van der Waals surface area contributed by atoms with E-state index in [0.29, 0.717) is 27.7 Å². The van der Waals surface area contributed by atoms with Crippen LogP contribution in [-0.4, -0.2) is 26.7 Å². The highest BCUT2D eigenvalue weighted by atomic mass is 35.5. The Balaban J connectivity index is 1.39. The van der Waals surface area contributed by atoms with Crippen molar-refractivity contribution < 1.29 is 22.7 Å². The summed E-state index contributed by atoms with van der Waals surface area (Å²) in [6.07, 6.45) is 0. The first-order valence-corrected chi connectivity index (χ1v) is 13.5. The van der Waals surface area contributed by atoms with E-state index in [9.17, 15) is 18.0 Å². The topological polar surface area (TPSA) is 102 Å². The number of hydrogen-bond acceptors (Lipinski definition) is 5. The van der Waals surface area contributed by atoms with E-state index in [4.69, 9.17) is 16.3 Å². The van der Waals surface area contributed by atoms with E-state index < -0.39 is 15.9 Å². The van der Waals surface area contributed by atoms with Crippen molar-refractivity contribution >= 4 is 44.7 Å². The van der Waals surface area contributed by atoms with Crippen molar-refractivity contribution in [1.82, 2.24) is 0 Å². The van der Waals surface area contributed by atoms with Gasteiger partial charge < -0.3 is 10.1 Å². The zero-order valence-electron chi connectivity index (χ0n) is 20.7. The molecule has 4 rings (SSSR count). The van der Waals surface area contributed by atoms with Gasteiger partial charge in [-0.3, -0.25) is 14.3 Å². The summed E-state index contributed by atoms with van der Waals surface area (Å²) < 4.78 is 33.6. The minimum absolute atomic E-state index is 0.0535. The first-order valence-electron chi connectivity index (χ1n) is 11.6. The fourth-order valence-electron chi connectivity index (χ4n) is 3.63. The highest BCUT2D eigenvalue weighted by Gasteiger charge is 2.17. The van der Waals surface area contributed by atoms with Gasteiger partial charge in [0.05, 0.1) is 10.6 Å².